The van der Waals surface area contributed by atoms with E-state index in [2.05, 4.69) is 6.07 Å². The SMILES string of the molecule is N#C/C(Sc1ccccc1)=C(\Oc1ccccc1)c1ccccc1. The van der Waals surface area contributed by atoms with Gasteiger partial charge in [0.25, 0.3) is 0 Å². The van der Waals surface area contributed by atoms with E-state index in [-0.39, 0.29) is 0 Å². The molecule has 24 heavy (non-hydrogen) atoms. The Labute approximate surface area is 146 Å². The third-order valence-electron chi connectivity index (χ3n) is 3.27. The molecular weight excluding hydrogens is 314 g/mol. The van der Waals surface area contributed by atoms with Gasteiger partial charge in [-0.05, 0) is 24.3 Å². The lowest BCUT2D eigenvalue weighted by Gasteiger charge is -2.13. The molecule has 0 spiro atoms. The summed E-state index contributed by atoms with van der Waals surface area (Å²) in [6.07, 6.45) is 0. The molecule has 3 heteroatoms. The number of hydrogen-bond acceptors (Lipinski definition) is 3. The molecule has 116 valence electrons. The third-order valence-corrected chi connectivity index (χ3v) is 4.26. The lowest BCUT2D eigenvalue weighted by atomic mass is 10.2. The van der Waals surface area contributed by atoms with E-state index in [0.29, 0.717) is 16.4 Å². The predicted octanol–water partition coefficient (Wildman–Crippen LogP) is 5.75. The van der Waals surface area contributed by atoms with Crippen LogP contribution >= 0.6 is 11.8 Å². The van der Waals surface area contributed by atoms with Crippen LogP contribution in [0.1, 0.15) is 5.56 Å². The fourth-order valence-corrected chi connectivity index (χ4v) is 2.99. The summed E-state index contributed by atoms with van der Waals surface area (Å²) in [5, 5.41) is 9.69. The van der Waals surface area contributed by atoms with Crippen LogP contribution in [-0.4, -0.2) is 0 Å². The first-order valence-corrected chi connectivity index (χ1v) is 8.34. The molecule has 3 aromatic carbocycles. The van der Waals surface area contributed by atoms with Crippen LogP contribution in [0.25, 0.3) is 5.76 Å². The van der Waals surface area contributed by atoms with Gasteiger partial charge in [-0.25, -0.2) is 0 Å². The average molecular weight is 329 g/mol. The van der Waals surface area contributed by atoms with Gasteiger partial charge in [0.2, 0.25) is 0 Å². The Hall–Kier alpha value is -2.96. The van der Waals surface area contributed by atoms with Crippen molar-refractivity contribution in [1.82, 2.24) is 0 Å². The molecule has 2 nitrogen and oxygen atoms in total. The molecule has 0 aliphatic heterocycles. The van der Waals surface area contributed by atoms with Crippen molar-refractivity contribution >= 4 is 17.5 Å². The normalized spacial score (nSPS) is 11.3. The number of nitriles is 1. The summed E-state index contributed by atoms with van der Waals surface area (Å²) in [4.78, 5) is 1.52. The topological polar surface area (TPSA) is 33.0 Å². The first-order valence-electron chi connectivity index (χ1n) is 7.52. The van der Waals surface area contributed by atoms with Crippen molar-refractivity contribution in [2.24, 2.45) is 0 Å². The highest BCUT2D eigenvalue weighted by Gasteiger charge is 2.13. The van der Waals surface area contributed by atoms with E-state index >= 15 is 0 Å². The van der Waals surface area contributed by atoms with Crippen molar-refractivity contribution in [1.29, 1.82) is 5.26 Å². The molecular formula is C21H15NOS. The van der Waals surface area contributed by atoms with Crippen molar-refractivity contribution in [3.8, 4) is 11.8 Å². The number of benzene rings is 3. The van der Waals surface area contributed by atoms with E-state index in [4.69, 9.17) is 4.74 Å². The Morgan fingerprint density at radius 1 is 0.750 bits per heavy atom. The number of nitrogens with zero attached hydrogens (tertiary/aromatic N) is 1. The molecule has 0 bridgehead atoms. The largest absolute Gasteiger partial charge is 0.455 e. The minimum absolute atomic E-state index is 0.524. The van der Waals surface area contributed by atoms with E-state index in [0.717, 1.165) is 10.5 Å². The van der Waals surface area contributed by atoms with Crippen LogP contribution in [0.4, 0.5) is 0 Å². The van der Waals surface area contributed by atoms with Crippen molar-refractivity contribution in [3.63, 3.8) is 0 Å². The molecule has 0 unspecified atom stereocenters. The molecule has 0 N–H and O–H groups in total. The first-order chi connectivity index (χ1) is 11.9. The lowest BCUT2D eigenvalue weighted by Crippen LogP contribution is -1.98. The van der Waals surface area contributed by atoms with Crippen LogP contribution in [0.15, 0.2) is 101 Å². The average Bonchev–Trinajstić information content (AvgIpc) is 2.67. The second-order valence-corrected chi connectivity index (χ2v) is 6.05. The van der Waals surface area contributed by atoms with Crippen LogP contribution in [-0.2, 0) is 0 Å². The smallest absolute Gasteiger partial charge is 0.159 e. The number of ether oxygens (including phenoxy) is 1. The monoisotopic (exact) mass is 329 g/mol. The van der Waals surface area contributed by atoms with Crippen LogP contribution in [0, 0.1) is 11.3 Å². The van der Waals surface area contributed by atoms with E-state index < -0.39 is 0 Å². The van der Waals surface area contributed by atoms with Gasteiger partial charge in [-0.2, -0.15) is 5.26 Å². The van der Waals surface area contributed by atoms with Gasteiger partial charge in [0.1, 0.15) is 16.7 Å². The summed E-state index contributed by atoms with van der Waals surface area (Å²) in [5.74, 6) is 1.27. The van der Waals surface area contributed by atoms with Crippen LogP contribution in [0.3, 0.4) is 0 Å². The maximum atomic E-state index is 9.69. The molecule has 3 rings (SSSR count). The van der Waals surface area contributed by atoms with Crippen molar-refractivity contribution < 1.29 is 4.74 Å². The highest BCUT2D eigenvalue weighted by molar-refractivity contribution is 8.03. The Bertz CT molecular complexity index is 853. The minimum atomic E-state index is 0.524. The summed E-state index contributed by atoms with van der Waals surface area (Å²) < 4.78 is 6.06. The number of hydrogen-bond donors (Lipinski definition) is 0. The quantitative estimate of drug-likeness (QED) is 0.339. The number of rotatable bonds is 5. The van der Waals surface area contributed by atoms with Gasteiger partial charge in [-0.15, -0.1) is 0 Å². The zero-order valence-corrected chi connectivity index (χ0v) is 13.7. The summed E-state index contributed by atoms with van der Waals surface area (Å²) >= 11 is 1.40. The second-order valence-electron chi connectivity index (χ2n) is 4.97. The third kappa shape index (κ3) is 4.07. The minimum Gasteiger partial charge on any atom is -0.455 e. The Morgan fingerprint density at radius 2 is 1.29 bits per heavy atom. The Kier molecular flexibility index (Phi) is 5.34. The first kappa shape index (κ1) is 15.9. The molecule has 0 fully saturated rings. The molecule has 0 aromatic heterocycles. The van der Waals surface area contributed by atoms with Gasteiger partial charge < -0.3 is 4.74 Å². The van der Waals surface area contributed by atoms with Gasteiger partial charge in [-0.1, -0.05) is 78.5 Å². The van der Waals surface area contributed by atoms with Gasteiger partial charge in [0.05, 0.1) is 0 Å². The maximum Gasteiger partial charge on any atom is 0.159 e. The zero-order chi connectivity index (χ0) is 16.6. The number of para-hydroxylation sites is 1. The lowest BCUT2D eigenvalue weighted by molar-refractivity contribution is 0.514. The summed E-state index contributed by atoms with van der Waals surface area (Å²) in [6, 6.07) is 31.3. The molecule has 0 radical (unpaired) electrons. The number of allylic oxidation sites excluding steroid dienone is 1. The molecule has 0 heterocycles. The fraction of sp³-hybridized carbons (Fsp3) is 0. The Morgan fingerprint density at radius 3 is 1.88 bits per heavy atom. The van der Waals surface area contributed by atoms with Crippen molar-refractivity contribution in [2.45, 2.75) is 4.90 Å². The molecule has 0 aliphatic rings. The molecule has 0 amide bonds. The van der Waals surface area contributed by atoms with Crippen molar-refractivity contribution in [3.05, 3.63) is 101 Å². The molecule has 3 aromatic rings. The zero-order valence-electron chi connectivity index (χ0n) is 12.9. The van der Waals surface area contributed by atoms with E-state index in [9.17, 15) is 5.26 Å². The van der Waals surface area contributed by atoms with E-state index in [1.54, 1.807) is 0 Å². The molecule has 0 atom stereocenters. The molecule has 0 aliphatic carbocycles. The summed E-state index contributed by atoms with van der Waals surface area (Å²) in [7, 11) is 0. The van der Waals surface area contributed by atoms with Crippen LogP contribution < -0.4 is 4.74 Å². The molecule has 0 saturated heterocycles. The fourth-order valence-electron chi connectivity index (χ4n) is 2.16. The summed E-state index contributed by atoms with van der Waals surface area (Å²) in [5.41, 5.74) is 0.876. The van der Waals surface area contributed by atoms with Crippen LogP contribution in [0.2, 0.25) is 0 Å². The predicted molar refractivity (Wildman–Crippen MR) is 98.3 cm³/mol. The van der Waals surface area contributed by atoms with Gasteiger partial charge in [-0.3, -0.25) is 0 Å². The highest BCUT2D eigenvalue weighted by atomic mass is 32.2. The number of thioether (sulfide) groups is 1. The second kappa shape index (κ2) is 8.05. The van der Waals surface area contributed by atoms with Gasteiger partial charge in [0, 0.05) is 10.5 Å². The Balaban J connectivity index is 2.03. The van der Waals surface area contributed by atoms with E-state index in [1.807, 2.05) is 91.0 Å². The standard InChI is InChI=1S/C21H15NOS/c22-16-20(24-19-14-8-3-9-15-19)21(17-10-4-1-5-11-17)23-18-12-6-2-7-13-18/h1-15H/b21-20+. The highest BCUT2D eigenvalue weighted by Crippen LogP contribution is 2.33. The van der Waals surface area contributed by atoms with Gasteiger partial charge >= 0.3 is 0 Å². The maximum absolute atomic E-state index is 9.69. The summed E-state index contributed by atoms with van der Waals surface area (Å²) in [6.45, 7) is 0. The van der Waals surface area contributed by atoms with E-state index in [1.165, 1.54) is 11.8 Å². The van der Waals surface area contributed by atoms with Gasteiger partial charge in [0.15, 0.2) is 5.76 Å². The molecule has 0 saturated carbocycles. The van der Waals surface area contributed by atoms with Crippen LogP contribution in [0.5, 0.6) is 5.75 Å². The van der Waals surface area contributed by atoms with Crippen molar-refractivity contribution in [2.75, 3.05) is 0 Å².